The van der Waals surface area contributed by atoms with Crippen LogP contribution < -0.4 is 5.32 Å². The summed E-state index contributed by atoms with van der Waals surface area (Å²) in [6.07, 6.45) is -1.04. The number of thiazole rings is 1. The van der Waals surface area contributed by atoms with E-state index < -0.39 is 29.6 Å². The summed E-state index contributed by atoms with van der Waals surface area (Å²) in [6, 6.07) is 10.3. The van der Waals surface area contributed by atoms with Crippen LogP contribution in [0.3, 0.4) is 0 Å². The van der Waals surface area contributed by atoms with Crippen molar-refractivity contribution < 1.29 is 23.1 Å². The molecule has 0 aliphatic carbocycles. The van der Waals surface area contributed by atoms with Crippen LogP contribution in [0, 0.1) is 18.6 Å². The van der Waals surface area contributed by atoms with E-state index in [4.69, 9.17) is 4.74 Å². The standard InChI is InChI=1S/C20H16F2N2O3S/c1-11-4-3-5-14(8-11)19(26)27-12(2)18(25)24-20-23-17(10-28-20)13-6-7-15(21)16(22)9-13/h3-10,12H,1-2H3,(H,23,24,25)/t12-/m0/s1. The van der Waals surface area contributed by atoms with Crippen LogP contribution >= 0.6 is 11.3 Å². The molecule has 1 N–H and O–H groups in total. The smallest absolute Gasteiger partial charge is 0.338 e. The van der Waals surface area contributed by atoms with Gasteiger partial charge < -0.3 is 4.74 Å². The molecule has 3 aromatic rings. The summed E-state index contributed by atoms with van der Waals surface area (Å²) in [7, 11) is 0. The van der Waals surface area contributed by atoms with Crippen molar-refractivity contribution in [2.24, 2.45) is 0 Å². The second kappa shape index (κ2) is 8.26. The van der Waals surface area contributed by atoms with Gasteiger partial charge in [0.1, 0.15) is 0 Å². The first-order valence-corrected chi connectivity index (χ1v) is 9.21. The van der Waals surface area contributed by atoms with Crippen LogP contribution in [0.15, 0.2) is 47.8 Å². The Hall–Kier alpha value is -3.13. The van der Waals surface area contributed by atoms with Crippen molar-refractivity contribution in [3.8, 4) is 11.3 Å². The number of carbonyl (C=O) groups is 2. The van der Waals surface area contributed by atoms with Gasteiger partial charge in [0, 0.05) is 10.9 Å². The number of halogens is 2. The molecule has 28 heavy (non-hydrogen) atoms. The van der Waals surface area contributed by atoms with Crippen molar-refractivity contribution in [1.82, 2.24) is 4.98 Å². The highest BCUT2D eigenvalue weighted by molar-refractivity contribution is 7.14. The molecule has 0 bridgehead atoms. The highest BCUT2D eigenvalue weighted by Gasteiger charge is 2.20. The lowest BCUT2D eigenvalue weighted by atomic mass is 10.1. The fourth-order valence-electron chi connectivity index (χ4n) is 2.38. The highest BCUT2D eigenvalue weighted by Crippen LogP contribution is 2.26. The van der Waals surface area contributed by atoms with Crippen LogP contribution in [0.25, 0.3) is 11.3 Å². The average molecular weight is 402 g/mol. The summed E-state index contributed by atoms with van der Waals surface area (Å²) in [6.45, 7) is 3.30. The maximum atomic E-state index is 13.4. The molecule has 5 nitrogen and oxygen atoms in total. The Morgan fingerprint density at radius 2 is 1.93 bits per heavy atom. The Morgan fingerprint density at radius 1 is 1.14 bits per heavy atom. The first-order chi connectivity index (χ1) is 13.3. The number of aryl methyl sites for hydroxylation is 1. The van der Waals surface area contributed by atoms with E-state index in [9.17, 15) is 18.4 Å². The molecule has 0 radical (unpaired) electrons. The van der Waals surface area contributed by atoms with Crippen molar-refractivity contribution in [1.29, 1.82) is 0 Å². The van der Waals surface area contributed by atoms with E-state index in [0.717, 1.165) is 29.0 Å². The Labute approximate surface area is 164 Å². The number of hydrogen-bond acceptors (Lipinski definition) is 5. The number of nitrogens with one attached hydrogen (secondary N) is 1. The second-order valence-corrected chi connectivity index (χ2v) is 6.93. The zero-order valence-corrected chi connectivity index (χ0v) is 15.8. The quantitative estimate of drug-likeness (QED) is 0.635. The third kappa shape index (κ3) is 4.58. The summed E-state index contributed by atoms with van der Waals surface area (Å²) >= 11 is 1.12. The maximum Gasteiger partial charge on any atom is 0.338 e. The number of hydrogen-bond donors (Lipinski definition) is 1. The van der Waals surface area contributed by atoms with Gasteiger partial charge in [0.15, 0.2) is 22.9 Å². The lowest BCUT2D eigenvalue weighted by molar-refractivity contribution is -0.123. The third-order valence-corrected chi connectivity index (χ3v) is 4.61. The molecule has 0 fully saturated rings. The van der Waals surface area contributed by atoms with Crippen LogP contribution in [0.2, 0.25) is 0 Å². The molecular weight excluding hydrogens is 386 g/mol. The number of carbonyl (C=O) groups excluding carboxylic acids is 2. The molecule has 1 heterocycles. The molecule has 0 aliphatic heterocycles. The molecule has 0 saturated carbocycles. The first-order valence-electron chi connectivity index (χ1n) is 8.33. The van der Waals surface area contributed by atoms with Gasteiger partial charge >= 0.3 is 5.97 Å². The van der Waals surface area contributed by atoms with Crippen LogP contribution in [-0.4, -0.2) is 23.0 Å². The minimum Gasteiger partial charge on any atom is -0.449 e. The van der Waals surface area contributed by atoms with E-state index in [1.54, 1.807) is 23.6 Å². The normalized spacial score (nSPS) is 11.7. The number of ether oxygens (including phenoxy) is 1. The van der Waals surface area contributed by atoms with Crippen LogP contribution in [0.4, 0.5) is 13.9 Å². The molecule has 144 valence electrons. The molecule has 3 rings (SSSR count). The topological polar surface area (TPSA) is 68.3 Å². The summed E-state index contributed by atoms with van der Waals surface area (Å²) in [4.78, 5) is 28.6. The number of benzene rings is 2. The monoisotopic (exact) mass is 402 g/mol. The maximum absolute atomic E-state index is 13.4. The molecule has 1 amide bonds. The molecular formula is C20H16F2N2O3S. The van der Waals surface area contributed by atoms with Gasteiger partial charge in [-0.2, -0.15) is 0 Å². The second-order valence-electron chi connectivity index (χ2n) is 6.07. The lowest BCUT2D eigenvalue weighted by Crippen LogP contribution is -2.30. The van der Waals surface area contributed by atoms with Gasteiger partial charge in [-0.05, 0) is 44.2 Å². The zero-order chi connectivity index (χ0) is 20.3. The molecule has 0 spiro atoms. The van der Waals surface area contributed by atoms with Gasteiger partial charge in [0.2, 0.25) is 0 Å². The minimum atomic E-state index is -1.04. The largest absolute Gasteiger partial charge is 0.449 e. The molecule has 1 atom stereocenters. The van der Waals surface area contributed by atoms with Crippen LogP contribution in [0.1, 0.15) is 22.8 Å². The molecule has 0 saturated heterocycles. The molecule has 2 aromatic carbocycles. The number of anilines is 1. The van der Waals surface area contributed by atoms with Crippen molar-refractivity contribution in [2.45, 2.75) is 20.0 Å². The van der Waals surface area contributed by atoms with Crippen molar-refractivity contribution in [2.75, 3.05) is 5.32 Å². The number of rotatable bonds is 5. The molecule has 0 unspecified atom stereocenters. The Kier molecular flexibility index (Phi) is 5.79. The molecule has 1 aromatic heterocycles. The van der Waals surface area contributed by atoms with E-state index in [-0.39, 0.29) is 5.13 Å². The number of amides is 1. The van der Waals surface area contributed by atoms with Gasteiger partial charge in [0.25, 0.3) is 5.91 Å². The van der Waals surface area contributed by atoms with E-state index in [1.807, 2.05) is 13.0 Å². The average Bonchev–Trinajstić information content (AvgIpc) is 3.12. The predicted octanol–water partition coefficient (Wildman–Crippen LogP) is 4.58. The highest BCUT2D eigenvalue weighted by atomic mass is 32.1. The van der Waals surface area contributed by atoms with Gasteiger partial charge in [-0.15, -0.1) is 11.3 Å². The fourth-order valence-corrected chi connectivity index (χ4v) is 3.10. The van der Waals surface area contributed by atoms with Crippen molar-refractivity contribution in [3.05, 3.63) is 70.6 Å². The van der Waals surface area contributed by atoms with Crippen molar-refractivity contribution >= 4 is 28.3 Å². The summed E-state index contributed by atoms with van der Waals surface area (Å²) in [5.74, 6) is -3.08. The van der Waals surface area contributed by atoms with E-state index in [2.05, 4.69) is 10.3 Å². The summed E-state index contributed by atoms with van der Waals surface area (Å²) in [5.41, 5.74) is 2.03. The predicted molar refractivity (Wildman–Crippen MR) is 102 cm³/mol. The van der Waals surface area contributed by atoms with Crippen LogP contribution in [0.5, 0.6) is 0 Å². The van der Waals surface area contributed by atoms with Gasteiger partial charge in [0.05, 0.1) is 11.3 Å². The van der Waals surface area contributed by atoms with E-state index in [0.29, 0.717) is 16.8 Å². The Morgan fingerprint density at radius 3 is 2.64 bits per heavy atom. The lowest BCUT2D eigenvalue weighted by Gasteiger charge is -2.12. The van der Waals surface area contributed by atoms with Crippen LogP contribution in [-0.2, 0) is 9.53 Å². The minimum absolute atomic E-state index is 0.253. The van der Waals surface area contributed by atoms with E-state index >= 15 is 0 Å². The molecule has 0 aliphatic rings. The first kappa shape index (κ1) is 19.6. The molecule has 8 heteroatoms. The Balaban J connectivity index is 1.63. The Bertz CT molecular complexity index is 1040. The van der Waals surface area contributed by atoms with Gasteiger partial charge in [-0.1, -0.05) is 17.7 Å². The zero-order valence-electron chi connectivity index (χ0n) is 15.0. The van der Waals surface area contributed by atoms with E-state index in [1.165, 1.54) is 13.0 Å². The number of aromatic nitrogens is 1. The van der Waals surface area contributed by atoms with Crippen molar-refractivity contribution in [3.63, 3.8) is 0 Å². The van der Waals surface area contributed by atoms with Gasteiger partial charge in [-0.3, -0.25) is 10.1 Å². The fraction of sp³-hybridized carbons (Fsp3) is 0.150. The van der Waals surface area contributed by atoms with Gasteiger partial charge in [-0.25, -0.2) is 18.6 Å². The summed E-state index contributed by atoms with van der Waals surface area (Å²) in [5, 5.41) is 4.41. The third-order valence-electron chi connectivity index (χ3n) is 3.86. The SMILES string of the molecule is Cc1cccc(C(=O)O[C@@H](C)C(=O)Nc2nc(-c3ccc(F)c(F)c3)cs2)c1. The number of esters is 1. The number of nitrogens with zero attached hydrogens (tertiary/aromatic N) is 1. The summed E-state index contributed by atoms with van der Waals surface area (Å²) < 4.78 is 31.6.